The number of anilines is 1. The smallest absolute Gasteiger partial charge is 0.271 e. The third-order valence-corrected chi connectivity index (χ3v) is 4.20. The molecule has 3 rings (SSSR count). The first-order valence-corrected chi connectivity index (χ1v) is 8.46. The molecule has 0 aromatic heterocycles. The van der Waals surface area contributed by atoms with Crippen molar-refractivity contribution in [1.29, 1.82) is 0 Å². The minimum atomic E-state index is -0.719. The average molecular weight is 382 g/mol. The first kappa shape index (κ1) is 19.0. The van der Waals surface area contributed by atoms with Gasteiger partial charge in [0.1, 0.15) is 0 Å². The fourth-order valence-electron chi connectivity index (χ4n) is 2.89. The third kappa shape index (κ3) is 3.41. The zero-order valence-corrected chi connectivity index (χ0v) is 15.1. The maximum atomic E-state index is 12.5. The Bertz CT molecular complexity index is 1010. The van der Waals surface area contributed by atoms with Crippen LogP contribution in [-0.4, -0.2) is 34.1 Å². The van der Waals surface area contributed by atoms with Gasteiger partial charge in [0, 0.05) is 29.9 Å². The summed E-state index contributed by atoms with van der Waals surface area (Å²) in [5.41, 5.74) is -0.212. The van der Waals surface area contributed by atoms with Gasteiger partial charge in [-0.3, -0.25) is 29.4 Å². The van der Waals surface area contributed by atoms with Crippen molar-refractivity contribution in [3.05, 3.63) is 63.2 Å². The van der Waals surface area contributed by atoms with Crippen molar-refractivity contribution in [2.75, 3.05) is 11.9 Å². The van der Waals surface area contributed by atoms with E-state index in [2.05, 4.69) is 5.32 Å². The van der Waals surface area contributed by atoms with E-state index in [0.29, 0.717) is 0 Å². The Morgan fingerprint density at radius 1 is 1.11 bits per heavy atom. The highest BCUT2D eigenvalue weighted by Crippen LogP contribution is 2.28. The summed E-state index contributed by atoms with van der Waals surface area (Å²) in [5, 5.41) is 25.0. The van der Waals surface area contributed by atoms with Gasteiger partial charge in [0.15, 0.2) is 0 Å². The van der Waals surface area contributed by atoms with Gasteiger partial charge >= 0.3 is 0 Å². The summed E-state index contributed by atoms with van der Waals surface area (Å²) in [5.74, 6) is -2.11. The zero-order chi connectivity index (χ0) is 20.6. The summed E-state index contributed by atoms with van der Waals surface area (Å²) in [6.07, 6.45) is 0. The molecule has 9 heteroatoms. The van der Waals surface area contributed by atoms with Crippen LogP contribution in [0.4, 0.5) is 11.4 Å². The molecule has 0 bridgehead atoms. The lowest BCUT2D eigenvalue weighted by Crippen LogP contribution is -2.33. The van der Waals surface area contributed by atoms with E-state index < -0.39 is 28.4 Å². The number of nitrogens with zero attached hydrogens (tertiary/aromatic N) is 2. The molecule has 1 heterocycles. The van der Waals surface area contributed by atoms with Crippen LogP contribution >= 0.6 is 0 Å². The molecule has 0 aliphatic carbocycles. The SMILES string of the molecule is CC(C)CN1C(=O)c2ccc(C(=O)Nc3cc([N+](=O)[O-])ccc3[O-])cc2C1=O. The molecule has 2 aromatic rings. The number of rotatable bonds is 5. The van der Waals surface area contributed by atoms with E-state index in [-0.39, 0.29) is 40.5 Å². The number of amides is 3. The normalized spacial score (nSPS) is 13.0. The number of carbonyl (C=O) groups excluding carboxylic acids is 3. The molecule has 0 fully saturated rings. The van der Waals surface area contributed by atoms with Crippen molar-refractivity contribution in [1.82, 2.24) is 4.90 Å². The van der Waals surface area contributed by atoms with E-state index in [1.165, 1.54) is 18.2 Å². The summed E-state index contributed by atoms with van der Waals surface area (Å²) in [7, 11) is 0. The maximum absolute atomic E-state index is 12.5. The summed E-state index contributed by atoms with van der Waals surface area (Å²) in [4.78, 5) is 48.6. The predicted molar refractivity (Wildman–Crippen MR) is 97.1 cm³/mol. The fraction of sp³-hybridized carbons (Fsp3) is 0.211. The molecule has 3 amide bonds. The number of hydrogen-bond acceptors (Lipinski definition) is 6. The predicted octanol–water partition coefficient (Wildman–Crippen LogP) is 2.17. The standard InChI is InChI=1S/C19H17N3O6/c1-10(2)9-21-18(25)13-5-3-11(7-14(13)19(21)26)17(24)20-15-8-12(22(27)28)4-6-16(15)23/h3-8,10,23H,9H2,1-2H3,(H,20,24)/p-1. The summed E-state index contributed by atoms with van der Waals surface area (Å²) >= 11 is 0. The van der Waals surface area contributed by atoms with E-state index in [1.54, 1.807) is 0 Å². The summed E-state index contributed by atoms with van der Waals surface area (Å²) in [6, 6.07) is 7.03. The molecule has 1 N–H and O–H groups in total. The quantitative estimate of drug-likeness (QED) is 0.479. The molecule has 0 spiro atoms. The Morgan fingerprint density at radius 3 is 2.43 bits per heavy atom. The lowest BCUT2D eigenvalue weighted by atomic mass is 10.1. The highest BCUT2D eigenvalue weighted by Gasteiger charge is 2.36. The topological polar surface area (TPSA) is 133 Å². The maximum Gasteiger partial charge on any atom is 0.271 e. The van der Waals surface area contributed by atoms with Crippen molar-refractivity contribution in [2.45, 2.75) is 13.8 Å². The van der Waals surface area contributed by atoms with Crippen molar-refractivity contribution >= 4 is 29.1 Å². The van der Waals surface area contributed by atoms with Gasteiger partial charge in [-0.25, -0.2) is 0 Å². The number of nitrogens with one attached hydrogen (secondary N) is 1. The number of imide groups is 1. The van der Waals surface area contributed by atoms with E-state index in [1.807, 2.05) is 13.8 Å². The van der Waals surface area contributed by atoms with E-state index in [0.717, 1.165) is 23.1 Å². The second kappa shape index (κ2) is 7.10. The van der Waals surface area contributed by atoms with Crippen LogP contribution in [0, 0.1) is 16.0 Å². The molecule has 1 aliphatic rings. The number of nitro benzene ring substituents is 1. The van der Waals surface area contributed by atoms with Gasteiger partial charge in [-0.15, -0.1) is 0 Å². The number of carbonyl (C=O) groups is 3. The minimum Gasteiger partial charge on any atom is -0.871 e. The monoisotopic (exact) mass is 382 g/mol. The van der Waals surface area contributed by atoms with Crippen molar-refractivity contribution < 1.29 is 24.4 Å². The van der Waals surface area contributed by atoms with Crippen LogP contribution in [-0.2, 0) is 0 Å². The van der Waals surface area contributed by atoms with E-state index >= 15 is 0 Å². The number of nitro groups is 1. The number of fused-ring (bicyclic) bond motifs is 1. The van der Waals surface area contributed by atoms with Gasteiger partial charge in [-0.1, -0.05) is 25.7 Å². The van der Waals surface area contributed by atoms with Crippen LogP contribution in [0.3, 0.4) is 0 Å². The third-order valence-electron chi connectivity index (χ3n) is 4.20. The van der Waals surface area contributed by atoms with Crippen LogP contribution in [0.5, 0.6) is 5.75 Å². The molecule has 1 aliphatic heterocycles. The first-order chi connectivity index (χ1) is 13.2. The highest BCUT2D eigenvalue weighted by molar-refractivity contribution is 6.22. The van der Waals surface area contributed by atoms with Gasteiger partial charge in [-0.05, 0) is 24.1 Å². The van der Waals surface area contributed by atoms with Crippen LogP contribution in [0.2, 0.25) is 0 Å². The van der Waals surface area contributed by atoms with Crippen LogP contribution in [0.1, 0.15) is 44.9 Å². The van der Waals surface area contributed by atoms with Gasteiger partial charge in [-0.2, -0.15) is 0 Å². The Balaban J connectivity index is 1.87. The molecule has 0 unspecified atom stereocenters. The Morgan fingerprint density at radius 2 is 1.79 bits per heavy atom. The zero-order valence-electron chi connectivity index (χ0n) is 15.1. The number of non-ortho nitro benzene ring substituents is 1. The average Bonchev–Trinajstić information content (AvgIpc) is 2.87. The molecule has 28 heavy (non-hydrogen) atoms. The minimum absolute atomic E-state index is 0.0530. The lowest BCUT2D eigenvalue weighted by molar-refractivity contribution is -0.385. The summed E-state index contributed by atoms with van der Waals surface area (Å²) in [6.45, 7) is 4.02. The fourth-order valence-corrected chi connectivity index (χ4v) is 2.89. The highest BCUT2D eigenvalue weighted by atomic mass is 16.6. The molecular formula is C19H16N3O6-. The molecule has 9 nitrogen and oxygen atoms in total. The van der Waals surface area contributed by atoms with Crippen molar-refractivity contribution in [3.8, 4) is 5.75 Å². The van der Waals surface area contributed by atoms with Gasteiger partial charge in [0.05, 0.1) is 16.1 Å². The van der Waals surface area contributed by atoms with E-state index in [9.17, 15) is 29.6 Å². The lowest BCUT2D eigenvalue weighted by Gasteiger charge is -2.15. The van der Waals surface area contributed by atoms with Gasteiger partial charge in [0.25, 0.3) is 23.4 Å². The summed E-state index contributed by atoms with van der Waals surface area (Å²) < 4.78 is 0. The van der Waals surface area contributed by atoms with Gasteiger partial charge in [0.2, 0.25) is 0 Å². The van der Waals surface area contributed by atoms with Gasteiger partial charge < -0.3 is 10.4 Å². The van der Waals surface area contributed by atoms with Crippen LogP contribution < -0.4 is 10.4 Å². The Labute approximate surface area is 159 Å². The van der Waals surface area contributed by atoms with Crippen LogP contribution in [0.25, 0.3) is 0 Å². The Kier molecular flexibility index (Phi) is 4.83. The molecule has 144 valence electrons. The molecule has 2 aromatic carbocycles. The Hall–Kier alpha value is -3.75. The number of hydrogen-bond donors (Lipinski definition) is 1. The van der Waals surface area contributed by atoms with E-state index in [4.69, 9.17) is 0 Å². The number of benzene rings is 2. The molecule has 0 atom stereocenters. The molecule has 0 saturated heterocycles. The van der Waals surface area contributed by atoms with Crippen molar-refractivity contribution in [3.63, 3.8) is 0 Å². The largest absolute Gasteiger partial charge is 0.871 e. The molecule has 0 saturated carbocycles. The second-order valence-electron chi connectivity index (χ2n) is 6.77. The molecular weight excluding hydrogens is 366 g/mol. The van der Waals surface area contributed by atoms with Crippen molar-refractivity contribution in [2.24, 2.45) is 5.92 Å². The second-order valence-corrected chi connectivity index (χ2v) is 6.77. The first-order valence-electron chi connectivity index (χ1n) is 8.46. The van der Waals surface area contributed by atoms with Crippen LogP contribution in [0.15, 0.2) is 36.4 Å². The molecule has 0 radical (unpaired) electrons.